The average Bonchev–Trinajstić information content (AvgIpc) is 2.96. The van der Waals surface area contributed by atoms with Gasteiger partial charge in [-0.2, -0.15) is 0 Å². The van der Waals surface area contributed by atoms with E-state index in [9.17, 15) is 24.9 Å². The second-order valence-corrected chi connectivity index (χ2v) is 17.4. The van der Waals surface area contributed by atoms with Crippen molar-refractivity contribution in [3.8, 4) is 11.5 Å². The number of phenols is 2. The van der Waals surface area contributed by atoms with E-state index in [1.165, 1.54) is 31.1 Å². The molecule has 0 unspecified atom stereocenters. The minimum Gasteiger partial charge on any atom is -0.504 e. The number of phenolic OH excluding ortho intramolecular Hbond substituents is 2. The lowest BCUT2D eigenvalue weighted by molar-refractivity contribution is -0.211. The van der Waals surface area contributed by atoms with Crippen molar-refractivity contribution in [1.82, 2.24) is 0 Å². The standard InChI is InChI=1S/C39H54O6/c1-34(2)29-14-17-39(7)30(12-10-25-26-23-36(4,33(43)44)19-18-35(26,3)20-21-38(25,39)6)37(29,5)16-15-31(34)45-32(42)13-9-24-8-11-27(40)28(41)22-24/h8-11,13,22,26,29-31,40-41H,12,14-21,23H2,1-7H3,(H,43,44)/b13-9+/t26-,29-,30+,31-,35+,36-,37-,38+,39+/m0/s1. The molecule has 6 nitrogen and oxygen atoms in total. The maximum Gasteiger partial charge on any atom is 0.331 e. The first-order valence-corrected chi connectivity index (χ1v) is 17.2. The number of hydrogen-bond acceptors (Lipinski definition) is 5. The van der Waals surface area contributed by atoms with Gasteiger partial charge in [0, 0.05) is 11.5 Å². The van der Waals surface area contributed by atoms with Crippen LogP contribution in [0.4, 0.5) is 0 Å². The summed E-state index contributed by atoms with van der Waals surface area (Å²) in [6.45, 7) is 16.6. The van der Waals surface area contributed by atoms with E-state index in [4.69, 9.17) is 4.74 Å². The van der Waals surface area contributed by atoms with E-state index in [2.05, 4.69) is 47.6 Å². The Bertz CT molecular complexity index is 1460. The Balaban J connectivity index is 1.24. The van der Waals surface area contributed by atoms with Crippen LogP contribution in [0.2, 0.25) is 0 Å². The SMILES string of the molecule is CC1(C)[C@@H](OC(=O)/C=C/c2ccc(O)c(O)c2)CC[C@]2(C)[C@H]3CC=C4[C@@H]5C[C@@](C)(C(=O)O)CC[C@]5(C)CC[C@@]4(C)[C@]3(C)CC[C@@H]12. The summed E-state index contributed by atoms with van der Waals surface area (Å²) in [5.74, 6) is -0.158. The Labute approximate surface area is 269 Å². The van der Waals surface area contributed by atoms with Crippen LogP contribution >= 0.6 is 0 Å². The number of aromatic hydroxyl groups is 2. The maximum atomic E-state index is 13.0. The average molecular weight is 619 g/mol. The van der Waals surface area contributed by atoms with E-state index >= 15 is 0 Å². The summed E-state index contributed by atoms with van der Waals surface area (Å²) in [5, 5.41) is 29.6. The van der Waals surface area contributed by atoms with E-state index in [-0.39, 0.29) is 50.6 Å². The highest BCUT2D eigenvalue weighted by Gasteiger charge is 2.68. The highest BCUT2D eigenvalue weighted by Crippen LogP contribution is 2.75. The van der Waals surface area contributed by atoms with Crippen LogP contribution in [0.3, 0.4) is 0 Å². The maximum absolute atomic E-state index is 13.0. The van der Waals surface area contributed by atoms with Crippen molar-refractivity contribution < 1.29 is 29.6 Å². The zero-order chi connectivity index (χ0) is 32.8. The molecule has 5 aliphatic carbocycles. The Morgan fingerprint density at radius 3 is 2.27 bits per heavy atom. The number of aliphatic carboxylic acids is 1. The van der Waals surface area contributed by atoms with Crippen LogP contribution < -0.4 is 0 Å². The van der Waals surface area contributed by atoms with Gasteiger partial charge in [0.25, 0.3) is 0 Å². The third-order valence-corrected chi connectivity index (χ3v) is 15.0. The Morgan fingerprint density at radius 2 is 1.58 bits per heavy atom. The number of carbonyl (C=O) groups excluding carboxylic acids is 1. The van der Waals surface area contributed by atoms with Gasteiger partial charge >= 0.3 is 11.9 Å². The van der Waals surface area contributed by atoms with Crippen molar-refractivity contribution in [2.45, 2.75) is 119 Å². The highest BCUT2D eigenvalue weighted by molar-refractivity contribution is 5.87. The van der Waals surface area contributed by atoms with Crippen LogP contribution in [0, 0.1) is 50.2 Å². The third kappa shape index (κ3) is 4.70. The molecule has 6 heteroatoms. The van der Waals surface area contributed by atoms with Crippen LogP contribution in [-0.4, -0.2) is 33.4 Å². The molecule has 4 saturated carbocycles. The predicted octanol–water partition coefficient (Wildman–Crippen LogP) is 8.91. The van der Waals surface area contributed by atoms with Gasteiger partial charge in [-0.25, -0.2) is 4.79 Å². The van der Waals surface area contributed by atoms with E-state index in [0.29, 0.717) is 23.3 Å². The topological polar surface area (TPSA) is 104 Å². The molecule has 1 aromatic carbocycles. The number of carboxylic acids is 1. The quantitative estimate of drug-likeness (QED) is 0.135. The first kappa shape index (κ1) is 32.2. The number of benzene rings is 1. The summed E-state index contributed by atoms with van der Waals surface area (Å²) in [5.41, 5.74) is 1.86. The summed E-state index contributed by atoms with van der Waals surface area (Å²) >= 11 is 0. The Hall–Kier alpha value is -2.76. The summed E-state index contributed by atoms with van der Waals surface area (Å²) in [6, 6.07) is 4.47. The van der Waals surface area contributed by atoms with Gasteiger partial charge in [0.05, 0.1) is 5.41 Å². The second kappa shape index (κ2) is 10.4. The van der Waals surface area contributed by atoms with E-state index in [1.54, 1.807) is 17.7 Å². The van der Waals surface area contributed by atoms with Gasteiger partial charge in [-0.15, -0.1) is 0 Å². The van der Waals surface area contributed by atoms with Crippen molar-refractivity contribution >= 4 is 18.0 Å². The van der Waals surface area contributed by atoms with Gasteiger partial charge in [-0.3, -0.25) is 4.79 Å². The molecule has 6 rings (SSSR count). The zero-order valence-electron chi connectivity index (χ0n) is 28.4. The molecule has 45 heavy (non-hydrogen) atoms. The van der Waals surface area contributed by atoms with Crippen molar-refractivity contribution in [3.05, 3.63) is 41.5 Å². The molecular weight excluding hydrogens is 564 g/mol. The first-order valence-electron chi connectivity index (χ1n) is 17.2. The van der Waals surface area contributed by atoms with E-state index in [1.807, 2.05) is 6.92 Å². The van der Waals surface area contributed by atoms with Gasteiger partial charge < -0.3 is 20.1 Å². The molecule has 0 heterocycles. The lowest BCUT2D eigenvalue weighted by Crippen LogP contribution is -2.64. The number of fused-ring (bicyclic) bond motifs is 7. The molecule has 9 atom stereocenters. The molecular formula is C39H54O6. The van der Waals surface area contributed by atoms with Crippen LogP contribution in [0.25, 0.3) is 6.08 Å². The fraction of sp³-hybridized carbons (Fsp3) is 0.692. The molecule has 0 aliphatic heterocycles. The van der Waals surface area contributed by atoms with Gasteiger partial charge in [-0.05, 0) is 134 Å². The summed E-state index contributed by atoms with van der Waals surface area (Å²) in [6.07, 6.45) is 15.4. The lowest BCUT2D eigenvalue weighted by Gasteiger charge is -2.71. The van der Waals surface area contributed by atoms with E-state index < -0.39 is 11.4 Å². The smallest absolute Gasteiger partial charge is 0.331 e. The molecule has 246 valence electrons. The number of ether oxygens (including phenoxy) is 1. The highest BCUT2D eigenvalue weighted by atomic mass is 16.5. The monoisotopic (exact) mass is 618 g/mol. The van der Waals surface area contributed by atoms with Crippen molar-refractivity contribution in [2.24, 2.45) is 50.2 Å². The summed E-state index contributed by atoms with van der Waals surface area (Å²) in [7, 11) is 0. The number of carboxylic acid groups (broad SMARTS) is 1. The van der Waals surface area contributed by atoms with Crippen molar-refractivity contribution in [2.75, 3.05) is 0 Å². The fourth-order valence-corrected chi connectivity index (χ4v) is 11.7. The van der Waals surface area contributed by atoms with Crippen LogP contribution in [0.5, 0.6) is 11.5 Å². The zero-order valence-corrected chi connectivity index (χ0v) is 28.4. The van der Waals surface area contributed by atoms with Crippen molar-refractivity contribution in [1.29, 1.82) is 0 Å². The lowest BCUT2D eigenvalue weighted by atomic mass is 9.33. The molecule has 1 aromatic rings. The summed E-state index contributed by atoms with van der Waals surface area (Å²) < 4.78 is 6.15. The third-order valence-electron chi connectivity index (χ3n) is 15.0. The fourth-order valence-electron chi connectivity index (χ4n) is 11.7. The number of rotatable bonds is 4. The largest absolute Gasteiger partial charge is 0.504 e. The Kier molecular flexibility index (Phi) is 7.42. The van der Waals surface area contributed by atoms with E-state index in [0.717, 1.165) is 51.4 Å². The van der Waals surface area contributed by atoms with Gasteiger partial charge in [0.2, 0.25) is 0 Å². The van der Waals surface area contributed by atoms with Gasteiger partial charge in [0.15, 0.2) is 11.5 Å². The molecule has 0 radical (unpaired) electrons. The summed E-state index contributed by atoms with van der Waals surface area (Å²) in [4.78, 5) is 25.4. The minimum absolute atomic E-state index is 0.0613. The molecule has 4 fully saturated rings. The number of hydrogen-bond donors (Lipinski definition) is 3. The normalized spacial score (nSPS) is 43.7. The van der Waals surface area contributed by atoms with Crippen LogP contribution in [0.1, 0.15) is 118 Å². The molecule has 0 saturated heterocycles. The first-order chi connectivity index (χ1) is 20.9. The number of carbonyl (C=O) groups is 2. The molecule has 5 aliphatic rings. The molecule has 0 spiro atoms. The number of esters is 1. The second-order valence-electron chi connectivity index (χ2n) is 17.4. The van der Waals surface area contributed by atoms with Crippen molar-refractivity contribution in [3.63, 3.8) is 0 Å². The molecule has 0 bridgehead atoms. The van der Waals surface area contributed by atoms with Gasteiger partial charge in [-0.1, -0.05) is 59.3 Å². The number of allylic oxidation sites excluding steroid dienone is 2. The van der Waals surface area contributed by atoms with Gasteiger partial charge in [0.1, 0.15) is 6.10 Å². The predicted molar refractivity (Wildman–Crippen MR) is 175 cm³/mol. The van der Waals surface area contributed by atoms with Crippen LogP contribution in [0.15, 0.2) is 35.9 Å². The van der Waals surface area contributed by atoms with Crippen LogP contribution in [-0.2, 0) is 14.3 Å². The molecule has 0 amide bonds. The molecule has 3 N–H and O–H groups in total. The molecule has 0 aromatic heterocycles. The Morgan fingerprint density at radius 1 is 0.867 bits per heavy atom. The minimum atomic E-state index is -0.647.